The Balaban J connectivity index is 0.00000165. The van der Waals surface area contributed by atoms with Gasteiger partial charge < -0.3 is 33.7 Å². The molecule has 5 aliphatic carbocycles. The van der Waals surface area contributed by atoms with E-state index in [1.807, 2.05) is 34.6 Å². The first kappa shape index (κ1) is 38.3. The van der Waals surface area contributed by atoms with E-state index in [1.54, 1.807) is 18.7 Å². The highest BCUT2D eigenvalue weighted by Gasteiger charge is 2.80. The molecule has 288 valence electrons. The Morgan fingerprint density at radius 3 is 2.28 bits per heavy atom. The number of rotatable bonds is 5. The molecule has 7 aliphatic rings. The van der Waals surface area contributed by atoms with Crippen LogP contribution in [0.25, 0.3) is 0 Å². The minimum Gasteiger partial charge on any atom is -0.457 e. The van der Waals surface area contributed by atoms with Gasteiger partial charge in [-0.15, -0.1) is 0 Å². The number of carbonyl (C=O) groups excluding carboxylic acids is 2. The molecule has 0 aromatic rings. The summed E-state index contributed by atoms with van der Waals surface area (Å²) in [6.07, 6.45) is 10.3. The molecule has 2 aliphatic heterocycles. The smallest absolute Gasteiger partial charge is 0.410 e. The van der Waals surface area contributed by atoms with Crippen molar-refractivity contribution in [2.45, 2.75) is 182 Å². The fraction of sp³-hybridized carbons (Fsp3) is 0.951. The van der Waals surface area contributed by atoms with Gasteiger partial charge >= 0.3 is 12.1 Å². The third-order valence-electron chi connectivity index (χ3n) is 14.9. The molecule has 1 N–H and O–H groups in total. The molecule has 0 aromatic carbocycles. The minimum atomic E-state index is -1.16. The highest BCUT2D eigenvalue weighted by Crippen LogP contribution is 2.87. The maximum Gasteiger partial charge on any atom is 0.410 e. The summed E-state index contributed by atoms with van der Waals surface area (Å²) in [7, 11) is 0. The van der Waals surface area contributed by atoms with E-state index in [1.165, 1.54) is 45.4 Å². The van der Waals surface area contributed by atoms with Crippen molar-refractivity contribution in [3.8, 4) is 0 Å². The molecule has 7 rings (SSSR count). The van der Waals surface area contributed by atoms with Crippen LogP contribution < -0.4 is 0 Å². The number of nitrogens with zero attached hydrogens (tertiary/aromatic N) is 1. The molecule has 2 spiro atoms. The minimum absolute atomic E-state index is 0. The highest BCUT2D eigenvalue weighted by atomic mass is 16.7. The fourth-order valence-electron chi connectivity index (χ4n) is 12.9. The molecule has 50 heavy (non-hydrogen) atoms. The fourth-order valence-corrected chi connectivity index (χ4v) is 12.9. The zero-order valence-electron chi connectivity index (χ0n) is 33.1. The Hall–Kier alpha value is -1.42. The van der Waals surface area contributed by atoms with Crippen molar-refractivity contribution in [1.82, 2.24) is 4.90 Å². The van der Waals surface area contributed by atoms with Gasteiger partial charge in [0.15, 0.2) is 12.4 Å². The quantitative estimate of drug-likeness (QED) is 0.286. The number of amides is 1. The maximum absolute atomic E-state index is 12.8. The van der Waals surface area contributed by atoms with Crippen LogP contribution in [0.3, 0.4) is 0 Å². The van der Waals surface area contributed by atoms with Gasteiger partial charge in [-0.1, -0.05) is 34.6 Å². The Bertz CT molecular complexity index is 1280. The van der Waals surface area contributed by atoms with Gasteiger partial charge in [-0.3, -0.25) is 4.79 Å². The lowest BCUT2D eigenvalue weighted by atomic mass is 9.46. The molecule has 0 aromatic heterocycles. The second-order valence-electron chi connectivity index (χ2n) is 19.4. The Morgan fingerprint density at radius 1 is 0.920 bits per heavy atom. The van der Waals surface area contributed by atoms with Crippen LogP contribution in [-0.4, -0.2) is 83.7 Å². The van der Waals surface area contributed by atoms with Gasteiger partial charge in [-0.05, 0) is 144 Å². The normalized spacial score (nSPS) is 43.7. The predicted octanol–water partition coefficient (Wildman–Crippen LogP) is 8.15. The summed E-state index contributed by atoms with van der Waals surface area (Å²) in [5.41, 5.74) is -0.558. The van der Waals surface area contributed by atoms with E-state index in [0.717, 1.165) is 31.6 Å². The van der Waals surface area contributed by atoms with Crippen LogP contribution in [-0.2, 0) is 28.5 Å². The Labute approximate surface area is 303 Å². The summed E-state index contributed by atoms with van der Waals surface area (Å²) in [5, 5.41) is 10.9. The van der Waals surface area contributed by atoms with Crippen molar-refractivity contribution in [3.05, 3.63) is 0 Å². The highest BCUT2D eigenvalue weighted by molar-refractivity contribution is 5.68. The van der Waals surface area contributed by atoms with Gasteiger partial charge in [0.25, 0.3) is 0 Å². The molecule has 2 heterocycles. The lowest BCUT2D eigenvalue weighted by molar-refractivity contribution is -0.243. The van der Waals surface area contributed by atoms with Crippen molar-refractivity contribution in [1.29, 1.82) is 0 Å². The van der Waals surface area contributed by atoms with E-state index < -0.39 is 23.6 Å². The first-order chi connectivity index (χ1) is 23.3. The number of carbonyl (C=O) groups is 2. The van der Waals surface area contributed by atoms with Crippen molar-refractivity contribution in [2.75, 3.05) is 19.7 Å². The van der Waals surface area contributed by atoms with Crippen molar-refractivity contribution in [3.63, 3.8) is 0 Å². The molecule has 12 atom stereocenters. The number of ether oxygens (including phenoxy) is 5. The van der Waals surface area contributed by atoms with E-state index in [2.05, 4.69) is 20.8 Å². The molecule has 0 radical (unpaired) electrons. The van der Waals surface area contributed by atoms with Crippen LogP contribution >= 0.6 is 0 Å². The maximum atomic E-state index is 12.8. The van der Waals surface area contributed by atoms with Gasteiger partial charge in [0.05, 0.1) is 37.1 Å². The number of fused-ring (bicyclic) bond motifs is 4. The number of hydrogen-bond acceptors (Lipinski definition) is 8. The predicted molar refractivity (Wildman–Crippen MR) is 193 cm³/mol. The monoisotopic (exact) mass is 706 g/mol. The molecular formula is C41H71NO8. The van der Waals surface area contributed by atoms with Crippen LogP contribution in [0.2, 0.25) is 0 Å². The summed E-state index contributed by atoms with van der Waals surface area (Å²) in [4.78, 5) is 26.5. The molecule has 1 amide bonds. The zero-order chi connectivity index (χ0) is 36.7. The number of aliphatic hydroxyl groups is 1. The van der Waals surface area contributed by atoms with Crippen LogP contribution in [0.4, 0.5) is 4.79 Å². The number of morpholine rings is 1. The summed E-state index contributed by atoms with van der Waals surface area (Å²) < 4.78 is 31.0. The SMILES string of the molecule is CC.CC(=O)O[C@@H](C1CCC2C(CC3C4CCC5C(C)(C)[C@@H](OC6CN(C(=O)OC(C)(C)C)CCO6)CC[C@@]56CC46CC[C@]23C)O1)C(C)(C)O.[HH]. The standard InChI is InChI=1S/C39H63NO8.C2H6.H2/c1-23(41)45-32(36(7,8)43)27-12-10-25-28(46-27)20-26-24-11-13-29-35(5,6)30(14-15-39(29)22-38(24,39)17-16-37(25,26)9)47-31-21-40(18-19-44-31)33(42)48-34(2,3)4;1-2;/h24-32,43H,10-22H2,1-9H3;1-2H3;1H/t24?,25?,26?,27?,28?,29?,30-,31?,32-,37+,38?,39+;;/m0../s1. The molecule has 2 saturated heterocycles. The van der Waals surface area contributed by atoms with Gasteiger partial charge in [0.2, 0.25) is 0 Å². The van der Waals surface area contributed by atoms with E-state index in [0.29, 0.717) is 48.3 Å². The van der Waals surface area contributed by atoms with Crippen LogP contribution in [0.15, 0.2) is 0 Å². The molecule has 9 heteroatoms. The summed E-state index contributed by atoms with van der Waals surface area (Å²) in [6, 6.07) is 0. The van der Waals surface area contributed by atoms with E-state index in [9.17, 15) is 14.7 Å². The average Bonchev–Trinajstić information content (AvgIpc) is 3.60. The van der Waals surface area contributed by atoms with E-state index >= 15 is 0 Å². The average molecular weight is 706 g/mol. The largest absolute Gasteiger partial charge is 0.457 e. The van der Waals surface area contributed by atoms with E-state index in [-0.39, 0.29) is 42.6 Å². The summed E-state index contributed by atoms with van der Waals surface area (Å²) in [6.45, 7) is 23.4. The third-order valence-corrected chi connectivity index (χ3v) is 14.9. The molecule has 5 saturated carbocycles. The number of esters is 1. The van der Waals surface area contributed by atoms with Crippen molar-refractivity contribution >= 4 is 12.1 Å². The summed E-state index contributed by atoms with van der Waals surface area (Å²) in [5.74, 6) is 2.17. The van der Waals surface area contributed by atoms with Gasteiger partial charge in [-0.2, -0.15) is 0 Å². The molecule has 0 bridgehead atoms. The molecule has 8 unspecified atom stereocenters. The van der Waals surface area contributed by atoms with Crippen LogP contribution in [0.1, 0.15) is 142 Å². The Kier molecular flexibility index (Phi) is 10.1. The van der Waals surface area contributed by atoms with Crippen molar-refractivity contribution in [2.24, 2.45) is 45.3 Å². The number of hydrogen-bond donors (Lipinski definition) is 1. The summed E-state index contributed by atoms with van der Waals surface area (Å²) >= 11 is 0. The zero-order valence-corrected chi connectivity index (χ0v) is 33.1. The lowest BCUT2D eigenvalue weighted by Crippen LogP contribution is -2.56. The Morgan fingerprint density at radius 2 is 1.62 bits per heavy atom. The van der Waals surface area contributed by atoms with Gasteiger partial charge in [0, 0.05) is 14.9 Å². The van der Waals surface area contributed by atoms with Crippen LogP contribution in [0.5, 0.6) is 0 Å². The second-order valence-corrected chi connectivity index (χ2v) is 19.4. The van der Waals surface area contributed by atoms with Crippen LogP contribution in [0, 0.1) is 45.3 Å². The molecular weight excluding hydrogens is 634 g/mol. The lowest BCUT2D eigenvalue weighted by Gasteiger charge is -2.60. The topological polar surface area (TPSA) is 104 Å². The van der Waals surface area contributed by atoms with E-state index in [4.69, 9.17) is 23.7 Å². The third kappa shape index (κ3) is 6.34. The van der Waals surface area contributed by atoms with Crippen molar-refractivity contribution < 1.29 is 39.8 Å². The first-order valence-corrected chi connectivity index (χ1v) is 20.1. The van der Waals surface area contributed by atoms with Gasteiger partial charge in [-0.25, -0.2) is 4.79 Å². The molecule has 9 nitrogen and oxygen atoms in total. The second kappa shape index (κ2) is 13.2. The molecule has 7 fully saturated rings. The van der Waals surface area contributed by atoms with Gasteiger partial charge in [0.1, 0.15) is 5.60 Å². The first-order valence-electron chi connectivity index (χ1n) is 20.1.